The summed E-state index contributed by atoms with van der Waals surface area (Å²) in [5.74, 6) is -0.132. The van der Waals surface area contributed by atoms with Crippen molar-refractivity contribution in [3.8, 4) is 0 Å². The number of nitrogens with two attached hydrogens (primary N) is 3. The molecule has 0 aromatic carbocycles. The van der Waals surface area contributed by atoms with Gasteiger partial charge in [-0.15, -0.1) is 0 Å². The molecule has 2 aliphatic heterocycles. The first-order valence-electron chi connectivity index (χ1n) is 12.2. The molecule has 0 amide bonds. The molecule has 220 valence electrons. The summed E-state index contributed by atoms with van der Waals surface area (Å²) in [5.41, 5.74) is 15.9. The molecular formula is C20H26N11O9P. The summed E-state index contributed by atoms with van der Waals surface area (Å²) >= 11 is 0. The Kier molecular flexibility index (Phi) is 6.76. The Morgan fingerprint density at radius 3 is 2.41 bits per heavy atom. The molecular weight excluding hydrogens is 569 g/mol. The minimum Gasteiger partial charge on any atom is -0.394 e. The first-order valence-corrected chi connectivity index (χ1v) is 13.8. The molecule has 4 aromatic heterocycles. The number of aromatic amines is 1. The van der Waals surface area contributed by atoms with E-state index in [1.807, 2.05) is 0 Å². The van der Waals surface area contributed by atoms with Crippen molar-refractivity contribution < 1.29 is 38.8 Å². The van der Waals surface area contributed by atoms with Crippen molar-refractivity contribution in [2.24, 2.45) is 5.73 Å². The van der Waals surface area contributed by atoms with Gasteiger partial charge in [-0.2, -0.15) is 4.98 Å². The van der Waals surface area contributed by atoms with Crippen LogP contribution in [0.3, 0.4) is 0 Å². The molecule has 9 atom stereocenters. The van der Waals surface area contributed by atoms with Crippen molar-refractivity contribution >= 4 is 41.7 Å². The molecule has 0 saturated carbocycles. The zero-order chi connectivity index (χ0) is 29.2. The Balaban J connectivity index is 1.25. The van der Waals surface area contributed by atoms with Crippen LogP contribution in [0.4, 0.5) is 11.8 Å². The fraction of sp³-hybridized carbons (Fsp3) is 0.500. The second kappa shape index (κ2) is 10.0. The number of hydrogen-bond donors (Lipinski definition) is 8. The second-order valence-corrected chi connectivity index (χ2v) is 11.6. The van der Waals surface area contributed by atoms with Crippen LogP contribution in [0, 0.1) is 0 Å². The quantitative estimate of drug-likeness (QED) is 0.0962. The molecule has 0 bridgehead atoms. The van der Waals surface area contributed by atoms with Crippen LogP contribution in [0.2, 0.25) is 0 Å². The van der Waals surface area contributed by atoms with E-state index in [9.17, 15) is 29.6 Å². The van der Waals surface area contributed by atoms with Crippen molar-refractivity contribution in [2.45, 2.75) is 48.6 Å². The van der Waals surface area contributed by atoms with Crippen LogP contribution in [-0.2, 0) is 18.6 Å². The Morgan fingerprint density at radius 2 is 1.68 bits per heavy atom. The number of nitrogens with one attached hydrogen (secondary N) is 1. The van der Waals surface area contributed by atoms with Crippen LogP contribution < -0.4 is 22.8 Å². The van der Waals surface area contributed by atoms with E-state index < -0.39 is 74.9 Å². The molecule has 2 aliphatic rings. The topological polar surface area (TPSA) is 311 Å². The minimum atomic E-state index is -4.75. The van der Waals surface area contributed by atoms with Crippen LogP contribution in [0.15, 0.2) is 23.8 Å². The summed E-state index contributed by atoms with van der Waals surface area (Å²) in [7, 11) is -4.75. The number of aromatic nitrogens is 8. The summed E-state index contributed by atoms with van der Waals surface area (Å²) in [4.78, 5) is 45.7. The van der Waals surface area contributed by atoms with E-state index in [0.717, 1.165) is 6.33 Å². The lowest BCUT2D eigenvalue weighted by molar-refractivity contribution is -0.0495. The van der Waals surface area contributed by atoms with E-state index in [-0.39, 0.29) is 34.1 Å². The van der Waals surface area contributed by atoms with Gasteiger partial charge in [-0.25, -0.2) is 19.9 Å². The Hall–Kier alpha value is -3.59. The largest absolute Gasteiger partial charge is 0.394 e. The molecule has 0 radical (unpaired) electrons. The molecule has 2 fully saturated rings. The molecule has 2 saturated heterocycles. The number of aliphatic hydroxyl groups excluding tert-OH is 3. The zero-order valence-electron chi connectivity index (χ0n) is 20.9. The molecule has 6 rings (SSSR count). The van der Waals surface area contributed by atoms with E-state index in [0.29, 0.717) is 0 Å². The number of nitrogen functional groups attached to an aromatic ring is 2. The van der Waals surface area contributed by atoms with Crippen molar-refractivity contribution in [1.29, 1.82) is 0 Å². The predicted octanol–water partition coefficient (Wildman–Crippen LogP) is -3.47. The molecule has 6 heterocycles. The summed E-state index contributed by atoms with van der Waals surface area (Å²) in [6.07, 6.45) is -4.28. The highest BCUT2D eigenvalue weighted by atomic mass is 31.2. The van der Waals surface area contributed by atoms with Gasteiger partial charge in [0.25, 0.3) is 5.56 Å². The summed E-state index contributed by atoms with van der Waals surface area (Å²) in [6.45, 7) is -1.25. The SMILES string of the molecule is Nc1nc2c(ncn2C2O[C@H](CO)[C@@H](N)[C@H]2P(=O)(O)OC[C@H]2O[C@@H](n3cnc4c(N)ncnc43)[C@H](O)[C@@H]2O)c(=O)[nH]1. The normalized spacial score (nSPS) is 31.7. The van der Waals surface area contributed by atoms with Crippen LogP contribution in [-0.4, -0.2) is 109 Å². The monoisotopic (exact) mass is 595 g/mol. The third-order valence-corrected chi connectivity index (χ3v) is 9.01. The number of ether oxygens (including phenoxy) is 2. The fourth-order valence-electron chi connectivity index (χ4n) is 5.08. The first-order chi connectivity index (χ1) is 19.5. The Labute approximate surface area is 228 Å². The number of imidazole rings is 2. The summed E-state index contributed by atoms with van der Waals surface area (Å²) in [6, 6.07) is -1.21. The van der Waals surface area contributed by atoms with E-state index in [1.54, 1.807) is 0 Å². The lowest BCUT2D eigenvalue weighted by Gasteiger charge is -2.27. The second-order valence-electron chi connectivity index (χ2n) is 9.58. The maximum atomic E-state index is 13.6. The van der Waals surface area contributed by atoms with Crippen molar-refractivity contribution in [1.82, 2.24) is 39.0 Å². The predicted molar refractivity (Wildman–Crippen MR) is 137 cm³/mol. The van der Waals surface area contributed by atoms with Gasteiger partial charge < -0.3 is 51.4 Å². The Morgan fingerprint density at radius 1 is 1.00 bits per heavy atom. The third-order valence-electron chi connectivity index (χ3n) is 7.13. The number of anilines is 2. The fourth-order valence-corrected chi connectivity index (χ4v) is 6.78. The van der Waals surface area contributed by atoms with Crippen LogP contribution in [0.25, 0.3) is 22.3 Å². The molecule has 0 aliphatic carbocycles. The van der Waals surface area contributed by atoms with Crippen molar-refractivity contribution in [3.05, 3.63) is 29.3 Å². The van der Waals surface area contributed by atoms with E-state index in [4.69, 9.17) is 31.2 Å². The average molecular weight is 595 g/mol. The summed E-state index contributed by atoms with van der Waals surface area (Å²) in [5, 5.41) is 31.1. The zero-order valence-corrected chi connectivity index (χ0v) is 21.8. The number of rotatable bonds is 7. The van der Waals surface area contributed by atoms with Crippen LogP contribution in [0.5, 0.6) is 0 Å². The van der Waals surface area contributed by atoms with Gasteiger partial charge >= 0.3 is 7.60 Å². The number of hydrogen-bond acceptors (Lipinski definition) is 16. The average Bonchev–Trinajstić information content (AvgIpc) is 3.68. The molecule has 2 unspecified atom stereocenters. The third kappa shape index (κ3) is 4.45. The number of fused-ring (bicyclic) bond motifs is 2. The molecule has 21 heteroatoms. The smallest absolute Gasteiger partial charge is 0.337 e. The van der Waals surface area contributed by atoms with Crippen LogP contribution in [0.1, 0.15) is 12.5 Å². The number of aliphatic hydroxyl groups is 3. The van der Waals surface area contributed by atoms with Gasteiger partial charge in [0.1, 0.15) is 35.8 Å². The van der Waals surface area contributed by atoms with Gasteiger partial charge in [0.15, 0.2) is 35.1 Å². The van der Waals surface area contributed by atoms with Crippen molar-refractivity contribution in [3.63, 3.8) is 0 Å². The maximum Gasteiger partial charge on any atom is 0.337 e. The molecule has 20 nitrogen and oxygen atoms in total. The van der Waals surface area contributed by atoms with Crippen molar-refractivity contribution in [2.75, 3.05) is 24.7 Å². The van der Waals surface area contributed by atoms with Gasteiger partial charge in [0.2, 0.25) is 5.95 Å². The van der Waals surface area contributed by atoms with Gasteiger partial charge in [-0.05, 0) is 0 Å². The Bertz CT molecular complexity index is 1710. The van der Waals surface area contributed by atoms with Gasteiger partial charge in [-0.1, -0.05) is 0 Å². The molecule has 0 spiro atoms. The number of nitrogens with zero attached hydrogens (tertiary/aromatic N) is 7. The highest BCUT2D eigenvalue weighted by molar-refractivity contribution is 7.53. The molecule has 41 heavy (non-hydrogen) atoms. The lowest BCUT2D eigenvalue weighted by Crippen LogP contribution is -2.42. The lowest BCUT2D eigenvalue weighted by atomic mass is 10.1. The van der Waals surface area contributed by atoms with E-state index >= 15 is 0 Å². The minimum absolute atomic E-state index is 0.0513. The van der Waals surface area contributed by atoms with Gasteiger partial charge in [-0.3, -0.25) is 23.5 Å². The highest BCUT2D eigenvalue weighted by Gasteiger charge is 2.55. The van der Waals surface area contributed by atoms with Crippen LogP contribution >= 0.6 is 7.60 Å². The number of H-pyrrole nitrogens is 1. The summed E-state index contributed by atoms with van der Waals surface area (Å²) < 4.78 is 33.1. The van der Waals surface area contributed by atoms with Gasteiger partial charge in [0.05, 0.1) is 38.0 Å². The molecule has 4 aromatic rings. The van der Waals surface area contributed by atoms with E-state index in [2.05, 4.69) is 29.9 Å². The maximum absolute atomic E-state index is 13.6. The first kappa shape index (κ1) is 27.6. The molecule has 11 N–H and O–H groups in total. The van der Waals surface area contributed by atoms with Gasteiger partial charge in [0, 0.05) is 0 Å². The van der Waals surface area contributed by atoms with E-state index in [1.165, 1.54) is 21.8 Å². The standard InChI is InChI=1S/C20H26N11O9P/c21-8-6(1-32)39-19(31-5-27-10-16(31)28-20(23)29-17(10)35)13(8)41(36,37)38-2-7-11(33)12(34)18(40-7)30-4-26-9-14(22)24-3-25-15(9)30/h3-8,11-13,18-19,32-34H,1-2,21H2,(H,36,37)(H2,22,24,25)(H3,23,28,29,35)/t6-,7-,8-,11-,12-,13-,18-,19?/m1/s1. The highest BCUT2D eigenvalue weighted by Crippen LogP contribution is 2.57.